The van der Waals surface area contributed by atoms with Gasteiger partial charge in [-0.2, -0.15) is 0 Å². The maximum atomic E-state index is 13.1. The molecule has 0 atom stereocenters. The third-order valence-electron chi connectivity index (χ3n) is 4.97. The van der Waals surface area contributed by atoms with Crippen LogP contribution in [0, 0.1) is 11.6 Å². The van der Waals surface area contributed by atoms with E-state index in [1.165, 1.54) is 43.5 Å². The Balaban J connectivity index is 1.52. The lowest BCUT2D eigenvalue weighted by Gasteiger charge is -2.14. The minimum absolute atomic E-state index is 0.0610. The van der Waals surface area contributed by atoms with Crippen LogP contribution in [0.1, 0.15) is 16.7 Å². The largest absolute Gasteiger partial charge is 0.493 e. The topological polar surface area (TPSA) is 55.8 Å². The van der Waals surface area contributed by atoms with E-state index >= 15 is 0 Å². The summed E-state index contributed by atoms with van der Waals surface area (Å²) in [6.45, 7) is 0.266. The zero-order chi connectivity index (χ0) is 24.2. The van der Waals surface area contributed by atoms with Crippen molar-refractivity contribution in [3.8, 4) is 11.5 Å². The Labute approximate surface area is 207 Å². The molecule has 0 N–H and O–H groups in total. The van der Waals surface area contributed by atoms with Gasteiger partial charge in [-0.15, -0.1) is 0 Å². The molecule has 1 heterocycles. The van der Waals surface area contributed by atoms with Crippen molar-refractivity contribution in [1.29, 1.82) is 0 Å². The Bertz CT molecular complexity index is 1260. The number of hydrogen-bond acceptors (Lipinski definition) is 5. The van der Waals surface area contributed by atoms with Crippen LogP contribution in [-0.2, 0) is 17.9 Å². The summed E-state index contributed by atoms with van der Waals surface area (Å²) in [5.74, 6) is -0.260. The predicted molar refractivity (Wildman–Crippen MR) is 129 cm³/mol. The lowest BCUT2D eigenvalue weighted by atomic mass is 10.1. The van der Waals surface area contributed by atoms with Crippen LogP contribution < -0.4 is 9.47 Å². The number of hydrogen-bond donors (Lipinski definition) is 0. The first-order valence-electron chi connectivity index (χ1n) is 10.1. The van der Waals surface area contributed by atoms with Crippen LogP contribution in [0.25, 0.3) is 6.08 Å². The first-order valence-corrected chi connectivity index (χ1v) is 11.7. The summed E-state index contributed by atoms with van der Waals surface area (Å²) in [6, 6.07) is 15.1. The summed E-state index contributed by atoms with van der Waals surface area (Å²) >= 11 is 4.31. The lowest BCUT2D eigenvalue weighted by molar-refractivity contribution is -0.123. The lowest BCUT2D eigenvalue weighted by Crippen LogP contribution is -2.27. The number of imide groups is 1. The van der Waals surface area contributed by atoms with Crippen molar-refractivity contribution in [2.45, 2.75) is 13.2 Å². The molecule has 0 bridgehead atoms. The first-order chi connectivity index (χ1) is 16.3. The van der Waals surface area contributed by atoms with Gasteiger partial charge in [0.2, 0.25) is 0 Å². The highest BCUT2D eigenvalue weighted by Gasteiger charge is 2.35. The van der Waals surface area contributed by atoms with Crippen molar-refractivity contribution in [2.24, 2.45) is 0 Å². The van der Waals surface area contributed by atoms with E-state index in [1.807, 2.05) is 0 Å². The summed E-state index contributed by atoms with van der Waals surface area (Å²) in [6.07, 6.45) is 1.60. The van der Waals surface area contributed by atoms with E-state index in [0.29, 0.717) is 27.1 Å². The molecular formula is C25H18BrF2NO4S. The second-order valence-electron chi connectivity index (χ2n) is 7.34. The van der Waals surface area contributed by atoms with Crippen LogP contribution in [0.2, 0.25) is 0 Å². The molecule has 174 valence electrons. The van der Waals surface area contributed by atoms with Gasteiger partial charge in [-0.3, -0.25) is 14.5 Å². The van der Waals surface area contributed by atoms with Gasteiger partial charge in [0.1, 0.15) is 18.2 Å². The van der Waals surface area contributed by atoms with Gasteiger partial charge in [0.05, 0.1) is 23.0 Å². The number of halogens is 3. The normalized spacial score (nSPS) is 14.7. The monoisotopic (exact) mass is 545 g/mol. The number of ether oxygens (including phenoxy) is 2. The molecule has 2 amide bonds. The van der Waals surface area contributed by atoms with Crippen molar-refractivity contribution in [3.05, 3.63) is 98.4 Å². The molecule has 1 aliphatic heterocycles. The van der Waals surface area contributed by atoms with Gasteiger partial charge in [0.25, 0.3) is 11.1 Å². The number of nitrogens with zero attached hydrogens (tertiary/aromatic N) is 1. The summed E-state index contributed by atoms with van der Waals surface area (Å²) in [4.78, 5) is 26.6. The molecule has 0 saturated carbocycles. The van der Waals surface area contributed by atoms with Crippen molar-refractivity contribution < 1.29 is 27.8 Å². The van der Waals surface area contributed by atoms with Gasteiger partial charge in [-0.05, 0) is 86.9 Å². The Morgan fingerprint density at radius 2 is 1.59 bits per heavy atom. The van der Waals surface area contributed by atoms with Crippen molar-refractivity contribution in [1.82, 2.24) is 4.90 Å². The SMILES string of the molecule is COc1cc(/C=C2\SC(=O)N(Cc3ccc(F)cc3)C2=O)cc(Br)c1OCc1ccc(F)cc1. The van der Waals surface area contributed by atoms with Crippen LogP contribution in [0.4, 0.5) is 13.6 Å². The van der Waals surface area contributed by atoms with E-state index in [1.54, 1.807) is 30.3 Å². The first kappa shape index (κ1) is 24.0. The minimum atomic E-state index is -0.425. The molecule has 4 rings (SSSR count). The second kappa shape index (κ2) is 10.4. The summed E-state index contributed by atoms with van der Waals surface area (Å²) < 4.78 is 38.1. The van der Waals surface area contributed by atoms with Crippen molar-refractivity contribution in [3.63, 3.8) is 0 Å². The maximum Gasteiger partial charge on any atom is 0.293 e. The summed E-state index contributed by atoms with van der Waals surface area (Å²) in [5.41, 5.74) is 2.07. The fourth-order valence-electron chi connectivity index (χ4n) is 3.26. The zero-order valence-corrected chi connectivity index (χ0v) is 20.3. The fourth-order valence-corrected chi connectivity index (χ4v) is 4.67. The quantitative estimate of drug-likeness (QED) is 0.315. The molecule has 1 aliphatic rings. The molecule has 3 aromatic carbocycles. The zero-order valence-electron chi connectivity index (χ0n) is 17.9. The molecule has 1 saturated heterocycles. The second-order valence-corrected chi connectivity index (χ2v) is 9.19. The van der Waals surface area contributed by atoms with E-state index in [4.69, 9.17) is 9.47 Å². The van der Waals surface area contributed by atoms with Gasteiger partial charge >= 0.3 is 0 Å². The van der Waals surface area contributed by atoms with Gasteiger partial charge in [-0.25, -0.2) is 8.78 Å². The van der Waals surface area contributed by atoms with E-state index in [2.05, 4.69) is 15.9 Å². The van der Waals surface area contributed by atoms with E-state index in [9.17, 15) is 18.4 Å². The highest BCUT2D eigenvalue weighted by Crippen LogP contribution is 2.39. The van der Waals surface area contributed by atoms with E-state index in [-0.39, 0.29) is 29.7 Å². The molecule has 0 spiro atoms. The van der Waals surface area contributed by atoms with Crippen LogP contribution in [0.5, 0.6) is 11.5 Å². The predicted octanol–water partition coefficient (Wildman–Crippen LogP) is 6.55. The number of methoxy groups -OCH3 is 1. The number of benzene rings is 3. The van der Waals surface area contributed by atoms with Gasteiger partial charge in [0.15, 0.2) is 11.5 Å². The summed E-state index contributed by atoms with van der Waals surface area (Å²) in [5, 5.41) is -0.397. The molecule has 3 aromatic rings. The average molecular weight is 546 g/mol. The van der Waals surface area contributed by atoms with Crippen LogP contribution in [0.15, 0.2) is 70.0 Å². The molecule has 34 heavy (non-hydrogen) atoms. The molecule has 0 radical (unpaired) electrons. The molecule has 0 unspecified atom stereocenters. The number of rotatable bonds is 7. The standard InChI is InChI=1S/C25H18BrF2NO4S/c1-32-21-11-17(10-20(26)23(21)33-14-16-4-8-19(28)9-5-16)12-22-24(30)29(25(31)34-22)13-15-2-6-18(27)7-3-15/h2-12H,13-14H2,1H3/b22-12-. The van der Waals surface area contributed by atoms with E-state index in [0.717, 1.165) is 22.2 Å². The van der Waals surface area contributed by atoms with E-state index < -0.39 is 11.1 Å². The molecule has 9 heteroatoms. The van der Waals surface area contributed by atoms with Gasteiger partial charge in [-0.1, -0.05) is 24.3 Å². The maximum absolute atomic E-state index is 13.1. The third kappa shape index (κ3) is 5.48. The van der Waals surface area contributed by atoms with Crippen molar-refractivity contribution in [2.75, 3.05) is 7.11 Å². The molecule has 0 aliphatic carbocycles. The number of carbonyl (C=O) groups excluding carboxylic acids is 2. The highest BCUT2D eigenvalue weighted by atomic mass is 79.9. The Morgan fingerprint density at radius 3 is 2.21 bits per heavy atom. The Hall–Kier alpha value is -3.17. The molecule has 5 nitrogen and oxygen atoms in total. The smallest absolute Gasteiger partial charge is 0.293 e. The number of thioether (sulfide) groups is 1. The highest BCUT2D eigenvalue weighted by molar-refractivity contribution is 9.10. The van der Waals surface area contributed by atoms with Crippen LogP contribution in [0.3, 0.4) is 0 Å². The molecule has 0 aromatic heterocycles. The number of carbonyl (C=O) groups is 2. The number of amides is 2. The summed E-state index contributed by atoms with van der Waals surface area (Å²) in [7, 11) is 1.49. The van der Waals surface area contributed by atoms with Gasteiger partial charge < -0.3 is 9.47 Å². The van der Waals surface area contributed by atoms with Crippen LogP contribution in [-0.4, -0.2) is 23.2 Å². The average Bonchev–Trinajstić information content (AvgIpc) is 3.07. The third-order valence-corrected chi connectivity index (χ3v) is 6.47. The molecule has 1 fully saturated rings. The van der Waals surface area contributed by atoms with Crippen molar-refractivity contribution >= 4 is 44.9 Å². The van der Waals surface area contributed by atoms with Crippen LogP contribution >= 0.6 is 27.7 Å². The fraction of sp³-hybridized carbons (Fsp3) is 0.120. The Morgan fingerprint density at radius 1 is 0.971 bits per heavy atom. The molecular weight excluding hydrogens is 528 g/mol. The Kier molecular flexibility index (Phi) is 7.33. The minimum Gasteiger partial charge on any atom is -0.493 e. The van der Waals surface area contributed by atoms with Gasteiger partial charge in [0, 0.05) is 0 Å².